The lowest BCUT2D eigenvalue weighted by Crippen LogP contribution is -2.14. The van der Waals surface area contributed by atoms with Crippen molar-refractivity contribution in [2.24, 2.45) is 0 Å². The summed E-state index contributed by atoms with van der Waals surface area (Å²) in [6.45, 7) is 1.80. The van der Waals surface area contributed by atoms with E-state index in [1.165, 1.54) is 12.3 Å². The number of hydrogen-bond donors (Lipinski definition) is 2. The van der Waals surface area contributed by atoms with E-state index < -0.39 is 5.97 Å². The van der Waals surface area contributed by atoms with Gasteiger partial charge in [-0.2, -0.15) is 0 Å². The average molecular weight is 272 g/mol. The van der Waals surface area contributed by atoms with Gasteiger partial charge in [0, 0.05) is 12.7 Å². The number of carboxylic acid groups (broad SMARTS) is 1. The van der Waals surface area contributed by atoms with Crippen LogP contribution in [0, 0.1) is 0 Å². The first kappa shape index (κ1) is 14.7. The van der Waals surface area contributed by atoms with Crippen LogP contribution >= 0.6 is 11.6 Å². The number of aromatic carboxylic acids is 1. The molecule has 0 saturated carbocycles. The molecule has 100 valence electrons. The standard InChI is InChI=1S/C12H18ClN3O2/c1-16(2)6-4-3-5-14-11-7-9(12(17)18)10(13)8-15-11/h7-8H,3-6H2,1-2H3,(H,14,15)(H,17,18). The second-order valence-corrected chi connectivity index (χ2v) is 4.70. The predicted molar refractivity (Wildman–Crippen MR) is 72.5 cm³/mol. The molecular formula is C12H18ClN3O2. The Hall–Kier alpha value is -1.33. The maximum absolute atomic E-state index is 10.9. The number of unbranched alkanes of at least 4 members (excludes halogenated alkanes) is 1. The Morgan fingerprint density at radius 1 is 1.50 bits per heavy atom. The van der Waals surface area contributed by atoms with Crippen molar-refractivity contribution < 1.29 is 9.90 Å². The molecule has 0 aliphatic heterocycles. The van der Waals surface area contributed by atoms with Crippen molar-refractivity contribution in [2.45, 2.75) is 12.8 Å². The van der Waals surface area contributed by atoms with Crippen LogP contribution in [0.1, 0.15) is 23.2 Å². The zero-order chi connectivity index (χ0) is 13.5. The lowest BCUT2D eigenvalue weighted by molar-refractivity contribution is 0.0697. The zero-order valence-electron chi connectivity index (χ0n) is 10.6. The summed E-state index contributed by atoms with van der Waals surface area (Å²) in [7, 11) is 4.07. The van der Waals surface area contributed by atoms with Crippen molar-refractivity contribution in [3.8, 4) is 0 Å². The van der Waals surface area contributed by atoms with Crippen LogP contribution in [0.5, 0.6) is 0 Å². The third-order valence-electron chi connectivity index (χ3n) is 2.42. The van der Waals surface area contributed by atoms with Gasteiger partial charge in [-0.05, 0) is 39.5 Å². The van der Waals surface area contributed by atoms with Crippen molar-refractivity contribution in [3.63, 3.8) is 0 Å². The minimum atomic E-state index is -1.04. The van der Waals surface area contributed by atoms with E-state index in [1.807, 2.05) is 14.1 Å². The van der Waals surface area contributed by atoms with E-state index >= 15 is 0 Å². The van der Waals surface area contributed by atoms with Crippen molar-refractivity contribution in [1.82, 2.24) is 9.88 Å². The third-order valence-corrected chi connectivity index (χ3v) is 2.73. The number of carbonyl (C=O) groups is 1. The molecule has 0 fully saturated rings. The lowest BCUT2D eigenvalue weighted by Gasteiger charge is -2.10. The highest BCUT2D eigenvalue weighted by Gasteiger charge is 2.09. The summed E-state index contributed by atoms with van der Waals surface area (Å²) in [6.07, 6.45) is 3.44. The van der Waals surface area contributed by atoms with E-state index in [0.717, 1.165) is 25.9 Å². The molecule has 0 aromatic carbocycles. The number of anilines is 1. The van der Waals surface area contributed by atoms with Crippen LogP contribution in [0.4, 0.5) is 5.82 Å². The number of nitrogens with one attached hydrogen (secondary N) is 1. The smallest absolute Gasteiger partial charge is 0.337 e. The van der Waals surface area contributed by atoms with Gasteiger partial charge in [0.25, 0.3) is 0 Å². The third kappa shape index (κ3) is 4.89. The number of carboxylic acids is 1. The number of rotatable bonds is 7. The van der Waals surface area contributed by atoms with E-state index in [2.05, 4.69) is 15.2 Å². The van der Waals surface area contributed by atoms with Crippen molar-refractivity contribution in [2.75, 3.05) is 32.5 Å². The molecule has 0 spiro atoms. The van der Waals surface area contributed by atoms with Crippen molar-refractivity contribution in [1.29, 1.82) is 0 Å². The van der Waals surface area contributed by atoms with Gasteiger partial charge >= 0.3 is 5.97 Å². The number of halogens is 1. The van der Waals surface area contributed by atoms with Crippen LogP contribution in [0.2, 0.25) is 5.02 Å². The number of pyridine rings is 1. The number of aromatic nitrogens is 1. The van der Waals surface area contributed by atoms with Crippen LogP contribution in [-0.2, 0) is 0 Å². The van der Waals surface area contributed by atoms with Gasteiger partial charge in [0.15, 0.2) is 0 Å². The summed E-state index contributed by atoms with van der Waals surface area (Å²) in [5.74, 6) is -0.500. The SMILES string of the molecule is CN(C)CCCCNc1cc(C(=O)O)c(Cl)cn1. The highest BCUT2D eigenvalue weighted by atomic mass is 35.5. The summed E-state index contributed by atoms with van der Waals surface area (Å²) >= 11 is 5.73. The normalized spacial score (nSPS) is 10.7. The molecule has 2 N–H and O–H groups in total. The summed E-state index contributed by atoms with van der Waals surface area (Å²) in [5.41, 5.74) is 0.0717. The molecule has 5 nitrogen and oxygen atoms in total. The predicted octanol–water partition coefficient (Wildman–Crippen LogP) is 2.19. The van der Waals surface area contributed by atoms with Crippen LogP contribution in [0.15, 0.2) is 12.3 Å². The van der Waals surface area contributed by atoms with Crippen LogP contribution in [0.3, 0.4) is 0 Å². The first-order chi connectivity index (χ1) is 8.50. The van der Waals surface area contributed by atoms with E-state index in [1.54, 1.807) is 0 Å². The monoisotopic (exact) mass is 271 g/mol. The van der Waals surface area contributed by atoms with Crippen molar-refractivity contribution >= 4 is 23.4 Å². The molecule has 1 aromatic heterocycles. The van der Waals surface area contributed by atoms with E-state index in [4.69, 9.17) is 16.7 Å². The molecule has 0 unspecified atom stereocenters. The summed E-state index contributed by atoms with van der Waals surface area (Å²) < 4.78 is 0. The highest BCUT2D eigenvalue weighted by molar-refractivity contribution is 6.33. The quantitative estimate of drug-likeness (QED) is 0.744. The zero-order valence-corrected chi connectivity index (χ0v) is 11.4. The van der Waals surface area contributed by atoms with Crippen LogP contribution in [-0.4, -0.2) is 48.1 Å². The van der Waals surface area contributed by atoms with Gasteiger partial charge < -0.3 is 15.3 Å². The van der Waals surface area contributed by atoms with Gasteiger partial charge in [0.05, 0.1) is 10.6 Å². The topological polar surface area (TPSA) is 65.5 Å². The first-order valence-electron chi connectivity index (χ1n) is 5.78. The Balaban J connectivity index is 2.43. The van der Waals surface area contributed by atoms with Gasteiger partial charge in [0.2, 0.25) is 0 Å². The Morgan fingerprint density at radius 2 is 2.22 bits per heavy atom. The Morgan fingerprint density at radius 3 is 2.83 bits per heavy atom. The maximum Gasteiger partial charge on any atom is 0.337 e. The van der Waals surface area contributed by atoms with E-state index in [9.17, 15) is 4.79 Å². The lowest BCUT2D eigenvalue weighted by atomic mass is 10.2. The van der Waals surface area contributed by atoms with Gasteiger partial charge in [-0.1, -0.05) is 11.6 Å². The molecule has 18 heavy (non-hydrogen) atoms. The maximum atomic E-state index is 10.9. The number of nitrogens with zero attached hydrogens (tertiary/aromatic N) is 2. The molecular weight excluding hydrogens is 254 g/mol. The summed E-state index contributed by atoms with van der Waals surface area (Å²) in [5, 5.41) is 12.2. The minimum Gasteiger partial charge on any atom is -0.478 e. The Bertz CT molecular complexity index is 410. The number of hydrogen-bond acceptors (Lipinski definition) is 4. The van der Waals surface area contributed by atoms with Gasteiger partial charge in [0.1, 0.15) is 5.82 Å². The molecule has 1 heterocycles. The molecule has 0 amide bonds. The van der Waals surface area contributed by atoms with Crippen LogP contribution in [0.25, 0.3) is 0 Å². The Kier molecular flexibility index (Phi) is 5.88. The molecule has 0 radical (unpaired) electrons. The molecule has 0 saturated heterocycles. The fourth-order valence-corrected chi connectivity index (χ4v) is 1.65. The molecule has 0 aliphatic carbocycles. The molecule has 6 heteroatoms. The first-order valence-corrected chi connectivity index (χ1v) is 6.16. The molecule has 0 bridgehead atoms. The fourth-order valence-electron chi connectivity index (χ4n) is 1.47. The molecule has 1 rings (SSSR count). The second kappa shape index (κ2) is 7.18. The molecule has 0 atom stereocenters. The van der Waals surface area contributed by atoms with Crippen LogP contribution < -0.4 is 5.32 Å². The molecule has 1 aromatic rings. The van der Waals surface area contributed by atoms with Crippen molar-refractivity contribution in [3.05, 3.63) is 22.8 Å². The summed E-state index contributed by atoms with van der Waals surface area (Å²) in [4.78, 5) is 17.0. The highest BCUT2D eigenvalue weighted by Crippen LogP contribution is 2.17. The average Bonchev–Trinajstić information content (AvgIpc) is 2.30. The Labute approximate surface area is 112 Å². The molecule has 0 aliphatic rings. The van der Waals surface area contributed by atoms with Gasteiger partial charge in [-0.3, -0.25) is 0 Å². The van der Waals surface area contributed by atoms with Gasteiger partial charge in [-0.15, -0.1) is 0 Å². The minimum absolute atomic E-state index is 0.0717. The van der Waals surface area contributed by atoms with E-state index in [-0.39, 0.29) is 10.6 Å². The van der Waals surface area contributed by atoms with E-state index in [0.29, 0.717) is 5.82 Å². The fraction of sp³-hybridized carbons (Fsp3) is 0.500. The largest absolute Gasteiger partial charge is 0.478 e. The van der Waals surface area contributed by atoms with Gasteiger partial charge in [-0.25, -0.2) is 9.78 Å². The second-order valence-electron chi connectivity index (χ2n) is 4.29. The summed E-state index contributed by atoms with van der Waals surface area (Å²) in [6, 6.07) is 1.45.